The molecule has 0 aliphatic heterocycles. The molecule has 14 heavy (non-hydrogen) atoms. The zero-order valence-electron chi connectivity index (χ0n) is 6.71. The number of hydrogen-bond acceptors (Lipinski definition) is 5. The third-order valence-electron chi connectivity index (χ3n) is 0.677. The standard InChI is InChI=1S/C5H6O4.BH3O3.Li.H/c1-3(5(8)9)2-4(6)7;2-1(3)4;;/h2H,1H3,(H,6,7)(H,8,9);2-4H;;/b3-2-;;;. The average molecular weight is 200 g/mol. The van der Waals surface area contributed by atoms with Gasteiger partial charge < -0.3 is 25.3 Å². The summed E-state index contributed by atoms with van der Waals surface area (Å²) in [5, 5.41) is 37.6. The first kappa shape index (κ1) is 18.9. The molecule has 0 aromatic rings. The Morgan fingerprint density at radius 2 is 1.43 bits per heavy atom. The Labute approximate surface area is 92.0 Å². The number of aliphatic carboxylic acids is 2. The van der Waals surface area contributed by atoms with Crippen LogP contribution in [0.15, 0.2) is 11.6 Å². The number of hydrogen-bond donors (Lipinski definition) is 5. The van der Waals surface area contributed by atoms with Gasteiger partial charge in [0, 0.05) is 11.6 Å². The summed E-state index contributed by atoms with van der Waals surface area (Å²) in [6, 6.07) is 0. The third-order valence-corrected chi connectivity index (χ3v) is 0.677. The monoisotopic (exact) mass is 200 g/mol. The van der Waals surface area contributed by atoms with Gasteiger partial charge in [-0.3, -0.25) is 0 Å². The van der Waals surface area contributed by atoms with E-state index in [4.69, 9.17) is 25.3 Å². The first-order valence-corrected chi connectivity index (χ1v) is 2.96. The van der Waals surface area contributed by atoms with Crippen molar-refractivity contribution in [3.05, 3.63) is 11.6 Å². The van der Waals surface area contributed by atoms with E-state index >= 15 is 0 Å². The van der Waals surface area contributed by atoms with Gasteiger partial charge in [0.2, 0.25) is 0 Å². The molecule has 9 heteroatoms. The second-order valence-corrected chi connectivity index (χ2v) is 1.82. The Balaban J connectivity index is -0.000000209. The van der Waals surface area contributed by atoms with Crippen LogP contribution >= 0.6 is 0 Å². The van der Waals surface area contributed by atoms with Crippen LogP contribution in [0.25, 0.3) is 0 Å². The van der Waals surface area contributed by atoms with E-state index in [1.54, 1.807) is 0 Å². The molecule has 0 saturated heterocycles. The van der Waals surface area contributed by atoms with Gasteiger partial charge >= 0.3 is 38.1 Å². The first-order valence-electron chi connectivity index (χ1n) is 2.96. The summed E-state index contributed by atoms with van der Waals surface area (Å²) in [5.74, 6) is -2.45. The molecule has 0 aliphatic rings. The molecule has 0 bridgehead atoms. The predicted octanol–water partition coefficient (Wildman–Crippen LogP) is -2.60. The van der Waals surface area contributed by atoms with Gasteiger partial charge in [0.15, 0.2) is 0 Å². The van der Waals surface area contributed by atoms with Crippen LogP contribution in [-0.2, 0) is 9.59 Å². The minimum absolute atomic E-state index is 0. The van der Waals surface area contributed by atoms with Crippen LogP contribution in [-0.4, -0.2) is 63.4 Å². The van der Waals surface area contributed by atoms with Crippen molar-refractivity contribution < 1.29 is 34.9 Å². The van der Waals surface area contributed by atoms with Crippen molar-refractivity contribution in [3.63, 3.8) is 0 Å². The topological polar surface area (TPSA) is 135 Å². The quantitative estimate of drug-likeness (QED) is 0.243. The Kier molecular flexibility index (Phi) is 13.9. The van der Waals surface area contributed by atoms with Gasteiger partial charge in [-0.05, 0) is 6.92 Å². The fourth-order valence-corrected chi connectivity index (χ4v) is 0.247. The van der Waals surface area contributed by atoms with E-state index < -0.39 is 19.3 Å². The molecule has 0 atom stereocenters. The van der Waals surface area contributed by atoms with Crippen molar-refractivity contribution in [3.8, 4) is 0 Å². The van der Waals surface area contributed by atoms with Gasteiger partial charge in [0.05, 0.1) is 0 Å². The second-order valence-electron chi connectivity index (χ2n) is 1.82. The Hall–Kier alpha value is -0.778. The van der Waals surface area contributed by atoms with Gasteiger partial charge in [0.1, 0.15) is 0 Å². The van der Waals surface area contributed by atoms with Crippen molar-refractivity contribution in [2.24, 2.45) is 0 Å². The SMILES string of the molecule is C/C(=C/C(=O)O)C(=O)O.OB(O)O.[LiH]. The molecular weight excluding hydrogens is 190 g/mol. The van der Waals surface area contributed by atoms with Crippen LogP contribution < -0.4 is 0 Å². The zero-order chi connectivity index (χ0) is 11.0. The molecule has 7 nitrogen and oxygen atoms in total. The van der Waals surface area contributed by atoms with E-state index in [0.717, 1.165) is 0 Å². The fourth-order valence-electron chi connectivity index (χ4n) is 0.247. The van der Waals surface area contributed by atoms with Crippen molar-refractivity contribution in [2.45, 2.75) is 6.92 Å². The summed E-state index contributed by atoms with van der Waals surface area (Å²) < 4.78 is 0. The molecule has 0 rings (SSSR count). The number of carboxylic acids is 2. The molecule has 0 unspecified atom stereocenters. The van der Waals surface area contributed by atoms with Crippen LogP contribution in [0.5, 0.6) is 0 Å². The molecule has 0 aromatic heterocycles. The Morgan fingerprint density at radius 3 is 1.50 bits per heavy atom. The molecule has 0 aliphatic carbocycles. The average Bonchev–Trinajstić information content (AvgIpc) is 1.83. The molecule has 0 heterocycles. The van der Waals surface area contributed by atoms with Gasteiger partial charge in [-0.15, -0.1) is 0 Å². The van der Waals surface area contributed by atoms with Crippen molar-refractivity contribution in [1.82, 2.24) is 0 Å². The normalized spacial score (nSPS) is 9.00. The molecule has 0 saturated carbocycles. The van der Waals surface area contributed by atoms with Gasteiger partial charge in [-0.2, -0.15) is 0 Å². The van der Waals surface area contributed by atoms with Crippen molar-refractivity contribution >= 4 is 38.1 Å². The van der Waals surface area contributed by atoms with E-state index in [1.807, 2.05) is 0 Å². The van der Waals surface area contributed by atoms with E-state index in [0.29, 0.717) is 6.08 Å². The van der Waals surface area contributed by atoms with E-state index in [1.165, 1.54) is 6.92 Å². The van der Waals surface area contributed by atoms with Crippen molar-refractivity contribution in [1.29, 1.82) is 0 Å². The molecule has 0 fully saturated rings. The summed E-state index contributed by atoms with van der Waals surface area (Å²) in [4.78, 5) is 19.7. The summed E-state index contributed by atoms with van der Waals surface area (Å²) in [6.45, 7) is 1.22. The van der Waals surface area contributed by atoms with Gasteiger partial charge in [-0.1, -0.05) is 0 Å². The number of carboxylic acid groups (broad SMARTS) is 2. The summed E-state index contributed by atoms with van der Waals surface area (Å²) in [6.07, 6.45) is 0.641. The fraction of sp³-hybridized carbons (Fsp3) is 0.200. The zero-order valence-corrected chi connectivity index (χ0v) is 6.71. The molecule has 0 aromatic carbocycles. The van der Waals surface area contributed by atoms with Crippen molar-refractivity contribution in [2.75, 3.05) is 0 Å². The predicted molar refractivity (Wildman–Crippen MR) is 48.6 cm³/mol. The molecule has 0 radical (unpaired) electrons. The van der Waals surface area contributed by atoms with Crippen LogP contribution in [0, 0.1) is 0 Å². The second kappa shape index (κ2) is 10.3. The maximum absolute atomic E-state index is 9.90. The summed E-state index contributed by atoms with van der Waals surface area (Å²) >= 11 is 0. The first-order chi connectivity index (χ1) is 5.77. The van der Waals surface area contributed by atoms with E-state index in [9.17, 15) is 9.59 Å². The van der Waals surface area contributed by atoms with E-state index in [2.05, 4.69) is 0 Å². The molecular formula is C5H10BLiO7. The Bertz CT molecular complexity index is 211. The minimum atomic E-state index is -2.17. The maximum atomic E-state index is 9.90. The molecule has 0 amide bonds. The summed E-state index contributed by atoms with van der Waals surface area (Å²) in [5.41, 5.74) is -0.178. The van der Waals surface area contributed by atoms with Crippen LogP contribution in [0.2, 0.25) is 0 Å². The number of rotatable bonds is 2. The van der Waals surface area contributed by atoms with Crippen LogP contribution in [0.4, 0.5) is 0 Å². The molecule has 5 N–H and O–H groups in total. The summed E-state index contributed by atoms with van der Waals surface area (Å²) in [7, 11) is -2.17. The van der Waals surface area contributed by atoms with Crippen LogP contribution in [0.3, 0.4) is 0 Å². The van der Waals surface area contributed by atoms with Gasteiger partial charge in [0.25, 0.3) is 0 Å². The number of carbonyl (C=O) groups is 2. The van der Waals surface area contributed by atoms with E-state index in [-0.39, 0.29) is 24.4 Å². The molecule has 76 valence electrons. The van der Waals surface area contributed by atoms with Gasteiger partial charge in [-0.25, -0.2) is 9.59 Å². The van der Waals surface area contributed by atoms with Crippen LogP contribution in [0.1, 0.15) is 6.92 Å². The molecule has 0 spiro atoms. The Morgan fingerprint density at radius 1 is 1.14 bits per heavy atom. The third kappa shape index (κ3) is 22.5.